The van der Waals surface area contributed by atoms with Crippen LogP contribution in [0.3, 0.4) is 0 Å². The van der Waals surface area contributed by atoms with Crippen LogP contribution in [0, 0.1) is 10.1 Å². The summed E-state index contributed by atoms with van der Waals surface area (Å²) in [6.45, 7) is 0.580. The van der Waals surface area contributed by atoms with Gasteiger partial charge >= 0.3 is 0 Å². The molecule has 0 saturated carbocycles. The average Bonchev–Trinajstić information content (AvgIpc) is 3.33. The molecule has 9 nitrogen and oxygen atoms in total. The van der Waals surface area contributed by atoms with E-state index in [0.717, 1.165) is 40.7 Å². The van der Waals surface area contributed by atoms with Gasteiger partial charge in [-0.05, 0) is 49.2 Å². The highest BCUT2D eigenvalue weighted by Crippen LogP contribution is 2.29. The molecule has 0 unspecified atom stereocenters. The molecule has 4 aromatic rings. The molecule has 2 heterocycles. The smallest absolute Gasteiger partial charge is 0.269 e. The number of nitrogens with one attached hydrogen (secondary N) is 1. The van der Waals surface area contributed by atoms with E-state index >= 15 is 0 Å². The second-order valence-electron chi connectivity index (χ2n) is 8.01. The van der Waals surface area contributed by atoms with Crippen molar-refractivity contribution >= 4 is 23.4 Å². The van der Waals surface area contributed by atoms with Crippen molar-refractivity contribution in [2.45, 2.75) is 30.8 Å². The number of rotatable bonds is 12. The van der Waals surface area contributed by atoms with Crippen LogP contribution < -0.4 is 5.32 Å². The summed E-state index contributed by atoms with van der Waals surface area (Å²) in [5, 5.41) is 23.4. The number of non-ortho nitro benzene ring substituents is 1. The summed E-state index contributed by atoms with van der Waals surface area (Å²) in [6, 6.07) is 21.8. The second-order valence-corrected chi connectivity index (χ2v) is 9.07. The maximum atomic E-state index is 12.1. The van der Waals surface area contributed by atoms with Crippen LogP contribution in [0.1, 0.15) is 25.0 Å². The van der Waals surface area contributed by atoms with Gasteiger partial charge in [-0.1, -0.05) is 36.0 Å². The highest BCUT2D eigenvalue weighted by Gasteiger charge is 2.17. The fraction of sp³-hybridized carbons (Fsp3) is 0.231. The zero-order chi connectivity index (χ0) is 25.2. The molecule has 0 aliphatic heterocycles. The molecule has 1 amide bonds. The maximum Gasteiger partial charge on any atom is 0.269 e. The van der Waals surface area contributed by atoms with Gasteiger partial charge in [-0.25, -0.2) is 0 Å². The van der Waals surface area contributed by atoms with E-state index in [1.807, 2.05) is 53.1 Å². The van der Waals surface area contributed by atoms with Crippen LogP contribution in [0.15, 0.2) is 84.1 Å². The average molecular weight is 503 g/mol. The maximum absolute atomic E-state index is 12.1. The molecule has 36 heavy (non-hydrogen) atoms. The van der Waals surface area contributed by atoms with E-state index in [4.69, 9.17) is 0 Å². The summed E-state index contributed by atoms with van der Waals surface area (Å²) in [6.07, 6.45) is 4.57. The highest BCUT2D eigenvalue weighted by molar-refractivity contribution is 7.99. The molecule has 0 aliphatic rings. The van der Waals surface area contributed by atoms with Gasteiger partial charge in [-0.3, -0.25) is 24.5 Å². The Labute approximate surface area is 213 Å². The van der Waals surface area contributed by atoms with Crippen LogP contribution >= 0.6 is 11.8 Å². The predicted molar refractivity (Wildman–Crippen MR) is 139 cm³/mol. The largest absolute Gasteiger partial charge is 0.356 e. The third-order valence-corrected chi connectivity index (χ3v) is 6.46. The third kappa shape index (κ3) is 6.76. The fourth-order valence-electron chi connectivity index (χ4n) is 3.61. The Hall–Kier alpha value is -4.05. The van der Waals surface area contributed by atoms with E-state index in [1.165, 1.54) is 12.1 Å². The third-order valence-electron chi connectivity index (χ3n) is 5.44. The Morgan fingerprint density at radius 2 is 1.75 bits per heavy atom. The SMILES string of the molecule is O=C(CCCCSc1nnc(-c2ccc([N+](=O)[O-])cc2)n1-c1ccccc1)NCCc1ccccn1. The van der Waals surface area contributed by atoms with Crippen molar-refractivity contribution in [1.29, 1.82) is 0 Å². The Bertz CT molecular complexity index is 1280. The van der Waals surface area contributed by atoms with Gasteiger partial charge in [0.1, 0.15) is 0 Å². The minimum absolute atomic E-state index is 0.0277. The Morgan fingerprint density at radius 3 is 2.47 bits per heavy atom. The van der Waals surface area contributed by atoms with Crippen LogP contribution in [0.4, 0.5) is 5.69 Å². The zero-order valence-corrected chi connectivity index (χ0v) is 20.4. The number of hydrogen-bond donors (Lipinski definition) is 1. The number of aromatic nitrogens is 4. The van der Waals surface area contributed by atoms with E-state index in [-0.39, 0.29) is 11.6 Å². The topological polar surface area (TPSA) is 116 Å². The van der Waals surface area contributed by atoms with Gasteiger partial charge < -0.3 is 5.32 Å². The molecule has 10 heteroatoms. The summed E-state index contributed by atoms with van der Waals surface area (Å²) in [5.41, 5.74) is 2.64. The van der Waals surface area contributed by atoms with Crippen LogP contribution in [-0.4, -0.2) is 42.9 Å². The van der Waals surface area contributed by atoms with E-state index in [2.05, 4.69) is 20.5 Å². The number of hydrogen-bond acceptors (Lipinski definition) is 7. The van der Waals surface area contributed by atoms with E-state index < -0.39 is 4.92 Å². The number of nitro benzene ring substituents is 1. The standard InChI is InChI=1S/C26H26N6O3S/c33-24(28-18-16-21-8-4-6-17-27-21)11-5-7-19-36-26-30-29-25(31(26)22-9-2-1-3-10-22)20-12-14-23(15-13-20)32(34)35/h1-4,6,8-10,12-15,17H,5,7,11,16,18-19H2,(H,28,33). The highest BCUT2D eigenvalue weighted by atomic mass is 32.2. The minimum Gasteiger partial charge on any atom is -0.356 e. The zero-order valence-electron chi connectivity index (χ0n) is 19.6. The molecule has 2 aromatic carbocycles. The molecule has 0 atom stereocenters. The van der Waals surface area contributed by atoms with Gasteiger partial charge in [-0.2, -0.15) is 0 Å². The van der Waals surface area contributed by atoms with Gasteiger partial charge in [0.2, 0.25) is 5.91 Å². The lowest BCUT2D eigenvalue weighted by Gasteiger charge is -2.10. The summed E-state index contributed by atoms with van der Waals surface area (Å²) in [5.74, 6) is 1.45. The number of benzene rings is 2. The van der Waals surface area contributed by atoms with Crippen molar-refractivity contribution < 1.29 is 9.72 Å². The molecular weight excluding hydrogens is 476 g/mol. The number of nitro groups is 1. The fourth-order valence-corrected chi connectivity index (χ4v) is 4.56. The number of carbonyl (C=O) groups is 1. The first kappa shape index (κ1) is 25.1. The van der Waals surface area contributed by atoms with Gasteiger partial charge in [0.05, 0.1) is 4.92 Å². The van der Waals surface area contributed by atoms with Crippen molar-refractivity contribution in [3.8, 4) is 17.1 Å². The van der Waals surface area contributed by atoms with Gasteiger partial charge in [0.25, 0.3) is 5.69 Å². The molecule has 1 N–H and O–H groups in total. The molecule has 0 aliphatic carbocycles. The monoisotopic (exact) mass is 502 g/mol. The normalized spacial score (nSPS) is 10.8. The van der Waals surface area contributed by atoms with Crippen LogP contribution in [-0.2, 0) is 11.2 Å². The molecule has 4 rings (SSSR count). The van der Waals surface area contributed by atoms with Crippen molar-refractivity contribution in [2.24, 2.45) is 0 Å². The van der Waals surface area contributed by atoms with E-state index in [9.17, 15) is 14.9 Å². The molecule has 2 aromatic heterocycles. The lowest BCUT2D eigenvalue weighted by atomic mass is 10.2. The van der Waals surface area contributed by atoms with E-state index in [1.54, 1.807) is 30.1 Å². The molecule has 0 saturated heterocycles. The first-order chi connectivity index (χ1) is 17.6. The summed E-state index contributed by atoms with van der Waals surface area (Å²) < 4.78 is 1.95. The lowest BCUT2D eigenvalue weighted by molar-refractivity contribution is -0.384. The van der Waals surface area contributed by atoms with Gasteiger partial charge in [0, 0.05) is 60.4 Å². The van der Waals surface area contributed by atoms with Crippen molar-refractivity contribution in [3.05, 3.63) is 94.8 Å². The number of nitrogens with zero attached hydrogens (tertiary/aromatic N) is 5. The number of para-hydroxylation sites is 1. The summed E-state index contributed by atoms with van der Waals surface area (Å²) >= 11 is 1.57. The van der Waals surface area contributed by atoms with Crippen LogP contribution in [0.2, 0.25) is 0 Å². The Kier molecular flexibility index (Phi) is 8.77. The molecule has 0 radical (unpaired) electrons. The first-order valence-electron chi connectivity index (χ1n) is 11.7. The lowest BCUT2D eigenvalue weighted by Crippen LogP contribution is -2.25. The van der Waals surface area contributed by atoms with Crippen LogP contribution in [0.25, 0.3) is 17.1 Å². The van der Waals surface area contributed by atoms with Crippen LogP contribution in [0.5, 0.6) is 0 Å². The van der Waals surface area contributed by atoms with Gasteiger partial charge in [-0.15, -0.1) is 10.2 Å². The molecule has 184 valence electrons. The molecular formula is C26H26N6O3S. The second kappa shape index (κ2) is 12.6. The number of amides is 1. The van der Waals surface area contributed by atoms with Crippen molar-refractivity contribution in [2.75, 3.05) is 12.3 Å². The Balaban J connectivity index is 1.32. The molecule has 0 spiro atoms. The number of unbranched alkanes of at least 4 members (excludes halogenated alkanes) is 1. The summed E-state index contributed by atoms with van der Waals surface area (Å²) in [4.78, 5) is 27.0. The summed E-state index contributed by atoms with van der Waals surface area (Å²) in [7, 11) is 0. The van der Waals surface area contributed by atoms with Crippen molar-refractivity contribution in [3.63, 3.8) is 0 Å². The number of thioether (sulfide) groups is 1. The quantitative estimate of drug-likeness (QED) is 0.127. The van der Waals surface area contributed by atoms with Gasteiger partial charge in [0.15, 0.2) is 11.0 Å². The Morgan fingerprint density at radius 1 is 0.972 bits per heavy atom. The first-order valence-corrected chi connectivity index (χ1v) is 12.7. The van der Waals surface area contributed by atoms with Crippen molar-refractivity contribution in [1.82, 2.24) is 25.1 Å². The number of carbonyl (C=O) groups excluding carboxylic acids is 1. The number of pyridine rings is 1. The van der Waals surface area contributed by atoms with E-state index in [0.29, 0.717) is 25.2 Å². The minimum atomic E-state index is -0.423. The molecule has 0 fully saturated rings. The molecule has 0 bridgehead atoms. The predicted octanol–water partition coefficient (Wildman–Crippen LogP) is 4.86.